The van der Waals surface area contributed by atoms with Gasteiger partial charge in [-0.15, -0.1) is 0 Å². The van der Waals surface area contributed by atoms with E-state index in [0.29, 0.717) is 12.0 Å². The Labute approximate surface area is 137 Å². The molecule has 5 nitrogen and oxygen atoms in total. The summed E-state index contributed by atoms with van der Waals surface area (Å²) < 4.78 is 0. The Morgan fingerprint density at radius 2 is 2.22 bits per heavy atom. The van der Waals surface area contributed by atoms with Crippen molar-refractivity contribution in [1.29, 1.82) is 0 Å². The van der Waals surface area contributed by atoms with Crippen LogP contribution in [0.2, 0.25) is 0 Å². The predicted octanol–water partition coefficient (Wildman–Crippen LogP) is 2.89. The monoisotopic (exact) mass is 314 g/mol. The van der Waals surface area contributed by atoms with Crippen LogP contribution in [0.4, 0.5) is 5.69 Å². The van der Waals surface area contributed by atoms with Gasteiger partial charge in [0.05, 0.1) is 0 Å². The van der Waals surface area contributed by atoms with Gasteiger partial charge in [0.2, 0.25) is 5.91 Å². The van der Waals surface area contributed by atoms with Gasteiger partial charge in [0.15, 0.2) is 0 Å². The average molecular weight is 314 g/mol. The number of likely N-dealkylation sites (N-methyl/N-ethyl adjacent to an activating group) is 1. The van der Waals surface area contributed by atoms with Crippen LogP contribution in [0.15, 0.2) is 24.5 Å². The summed E-state index contributed by atoms with van der Waals surface area (Å²) in [6, 6.07) is 4.46. The van der Waals surface area contributed by atoms with E-state index in [1.807, 2.05) is 31.1 Å². The number of aromatic amines is 1. The van der Waals surface area contributed by atoms with Gasteiger partial charge in [-0.2, -0.15) is 0 Å². The first-order valence-corrected chi connectivity index (χ1v) is 8.42. The smallest absolute Gasteiger partial charge is 0.225 e. The molecule has 0 saturated carbocycles. The minimum absolute atomic E-state index is 0.0617. The maximum absolute atomic E-state index is 12.4. The molecule has 2 atom stereocenters. The van der Waals surface area contributed by atoms with Crippen LogP contribution < -0.4 is 4.90 Å². The van der Waals surface area contributed by atoms with Gasteiger partial charge in [-0.3, -0.25) is 4.79 Å². The number of nitrogens with one attached hydrogen (secondary N) is 1. The highest BCUT2D eigenvalue weighted by Gasteiger charge is 2.32. The van der Waals surface area contributed by atoms with Crippen molar-refractivity contribution in [3.63, 3.8) is 0 Å². The Hall–Kier alpha value is -2.04. The lowest BCUT2D eigenvalue weighted by atomic mass is 9.91. The van der Waals surface area contributed by atoms with Crippen molar-refractivity contribution in [3.8, 4) is 0 Å². The molecule has 1 saturated heterocycles. The number of nitrogens with zero attached hydrogens (tertiary/aromatic N) is 3. The Bertz CT molecular complexity index is 693. The number of piperidine rings is 1. The number of rotatable bonds is 3. The summed E-state index contributed by atoms with van der Waals surface area (Å²) in [7, 11) is 2.13. The van der Waals surface area contributed by atoms with E-state index in [1.165, 1.54) is 5.69 Å². The lowest BCUT2D eigenvalue weighted by Crippen LogP contribution is -2.53. The molecule has 0 aliphatic carbocycles. The molecule has 0 radical (unpaired) electrons. The minimum atomic E-state index is 0.0617. The molecule has 1 amide bonds. The zero-order chi connectivity index (χ0) is 16.6. The van der Waals surface area contributed by atoms with Gasteiger partial charge in [-0.1, -0.05) is 20.8 Å². The molecule has 5 heteroatoms. The van der Waals surface area contributed by atoms with E-state index >= 15 is 0 Å². The number of fused-ring (bicyclic) bond motifs is 1. The molecule has 3 heterocycles. The second kappa shape index (κ2) is 6.22. The summed E-state index contributed by atoms with van der Waals surface area (Å²) in [5.41, 5.74) is 2.08. The topological polar surface area (TPSA) is 52.2 Å². The molecular weight excluding hydrogens is 288 g/mol. The maximum Gasteiger partial charge on any atom is 0.225 e. The molecule has 1 aliphatic rings. The number of carbonyl (C=O) groups is 1. The Kier molecular flexibility index (Phi) is 4.28. The summed E-state index contributed by atoms with van der Waals surface area (Å²) in [5, 5.41) is 1.13. The summed E-state index contributed by atoms with van der Waals surface area (Å²) in [6.45, 7) is 7.91. The third-order valence-electron chi connectivity index (χ3n) is 5.04. The van der Waals surface area contributed by atoms with Crippen LogP contribution in [0.5, 0.6) is 0 Å². The molecule has 0 bridgehead atoms. The number of hydrogen-bond donors (Lipinski definition) is 1. The summed E-state index contributed by atoms with van der Waals surface area (Å²) >= 11 is 0. The van der Waals surface area contributed by atoms with Gasteiger partial charge < -0.3 is 14.8 Å². The molecule has 2 aromatic rings. The van der Waals surface area contributed by atoms with Crippen molar-refractivity contribution in [2.75, 3.05) is 25.0 Å². The van der Waals surface area contributed by atoms with Crippen molar-refractivity contribution < 1.29 is 4.79 Å². The van der Waals surface area contributed by atoms with E-state index in [-0.39, 0.29) is 11.8 Å². The summed E-state index contributed by atoms with van der Waals surface area (Å²) in [6.07, 6.45) is 4.82. The van der Waals surface area contributed by atoms with Gasteiger partial charge in [-0.05, 0) is 24.5 Å². The van der Waals surface area contributed by atoms with Crippen LogP contribution in [0.1, 0.15) is 27.2 Å². The Morgan fingerprint density at radius 3 is 2.96 bits per heavy atom. The number of carbonyl (C=O) groups excluding carboxylic acids is 1. The third kappa shape index (κ3) is 2.92. The first-order chi connectivity index (χ1) is 11.0. The van der Waals surface area contributed by atoms with Crippen LogP contribution in [0.25, 0.3) is 11.0 Å². The summed E-state index contributed by atoms with van der Waals surface area (Å²) in [5.74, 6) is 0.877. The molecule has 2 aromatic heterocycles. The molecule has 1 unspecified atom stereocenters. The highest BCUT2D eigenvalue weighted by atomic mass is 16.2. The van der Waals surface area contributed by atoms with Gasteiger partial charge >= 0.3 is 0 Å². The van der Waals surface area contributed by atoms with Crippen molar-refractivity contribution >= 4 is 22.6 Å². The fraction of sp³-hybridized carbons (Fsp3) is 0.556. The summed E-state index contributed by atoms with van der Waals surface area (Å²) in [4.78, 5) is 24.3. The number of hydrogen-bond acceptors (Lipinski definition) is 3. The van der Waals surface area contributed by atoms with Crippen LogP contribution in [-0.2, 0) is 4.79 Å². The molecule has 0 aromatic carbocycles. The third-order valence-corrected chi connectivity index (χ3v) is 5.04. The van der Waals surface area contributed by atoms with Crippen molar-refractivity contribution in [2.45, 2.75) is 33.2 Å². The lowest BCUT2D eigenvalue weighted by Gasteiger charge is -2.43. The average Bonchev–Trinajstić information content (AvgIpc) is 3.02. The molecule has 124 valence electrons. The first-order valence-electron chi connectivity index (χ1n) is 8.42. The second-order valence-electron chi connectivity index (χ2n) is 6.95. The maximum atomic E-state index is 12.4. The van der Waals surface area contributed by atoms with Crippen LogP contribution in [0, 0.1) is 11.8 Å². The molecular formula is C18H26N4O. The molecule has 1 aliphatic heterocycles. The number of pyridine rings is 1. The predicted molar refractivity (Wildman–Crippen MR) is 93.5 cm³/mol. The zero-order valence-electron chi connectivity index (χ0n) is 14.4. The van der Waals surface area contributed by atoms with Gasteiger partial charge in [0, 0.05) is 55.6 Å². The molecule has 0 spiro atoms. The largest absolute Gasteiger partial charge is 0.369 e. The molecule has 23 heavy (non-hydrogen) atoms. The van der Waals surface area contributed by atoms with Crippen molar-refractivity contribution in [1.82, 2.24) is 14.9 Å². The minimum Gasteiger partial charge on any atom is -0.369 e. The van der Waals surface area contributed by atoms with E-state index in [0.717, 1.165) is 30.5 Å². The lowest BCUT2D eigenvalue weighted by molar-refractivity contribution is -0.136. The normalized spacial score (nSPS) is 21.9. The molecule has 1 fully saturated rings. The van der Waals surface area contributed by atoms with Gasteiger partial charge in [-0.25, -0.2) is 4.98 Å². The number of aromatic nitrogens is 2. The number of amides is 1. The number of H-pyrrole nitrogens is 1. The number of likely N-dealkylation sites (tertiary alicyclic amines) is 1. The second-order valence-corrected chi connectivity index (χ2v) is 6.95. The zero-order valence-corrected chi connectivity index (χ0v) is 14.4. The van der Waals surface area contributed by atoms with E-state index in [9.17, 15) is 4.79 Å². The van der Waals surface area contributed by atoms with Gasteiger partial charge in [0.25, 0.3) is 0 Å². The number of anilines is 1. The fourth-order valence-electron chi connectivity index (χ4n) is 3.55. The fourth-order valence-corrected chi connectivity index (χ4v) is 3.55. The Balaban J connectivity index is 1.86. The van der Waals surface area contributed by atoms with Crippen LogP contribution in [0.3, 0.4) is 0 Å². The van der Waals surface area contributed by atoms with Crippen molar-refractivity contribution in [2.24, 2.45) is 11.8 Å². The highest BCUT2D eigenvalue weighted by Crippen LogP contribution is 2.30. The highest BCUT2D eigenvalue weighted by molar-refractivity contribution is 5.89. The van der Waals surface area contributed by atoms with Gasteiger partial charge in [0.1, 0.15) is 5.65 Å². The Morgan fingerprint density at radius 1 is 1.43 bits per heavy atom. The standard InChI is InChI=1S/C18H26N4O/c1-12(2)18(23)22-10-7-13(3)16(11-22)21(4)15-6-9-20-17-14(15)5-8-19-17/h5-6,8-9,12-13,16H,7,10-11H2,1-4H3,(H,19,20)/t13-,16?/m1/s1. The molecule has 3 rings (SSSR count). The molecule has 1 N–H and O–H groups in total. The first kappa shape index (κ1) is 15.8. The quantitative estimate of drug-likeness (QED) is 0.948. The van der Waals surface area contributed by atoms with E-state index < -0.39 is 0 Å². The van der Waals surface area contributed by atoms with E-state index in [4.69, 9.17) is 0 Å². The van der Waals surface area contributed by atoms with E-state index in [1.54, 1.807) is 0 Å². The van der Waals surface area contributed by atoms with Crippen LogP contribution >= 0.6 is 0 Å². The van der Waals surface area contributed by atoms with Crippen LogP contribution in [-0.4, -0.2) is 47.0 Å². The van der Waals surface area contributed by atoms with Crippen molar-refractivity contribution in [3.05, 3.63) is 24.5 Å². The SMILES string of the molecule is CC(C)C(=O)N1CC[C@@H](C)C(N(C)c2ccnc3[nH]ccc23)C1. The van der Waals surface area contributed by atoms with E-state index in [2.05, 4.69) is 41.0 Å².